The molecule has 0 radical (unpaired) electrons. The lowest BCUT2D eigenvalue weighted by Crippen LogP contribution is -2.12. The second-order valence-corrected chi connectivity index (χ2v) is 21.1. The van der Waals surface area contributed by atoms with Crippen LogP contribution < -0.4 is 0 Å². The highest BCUT2D eigenvalue weighted by atomic mass is 15.1. The van der Waals surface area contributed by atoms with Gasteiger partial charge in [0.25, 0.3) is 0 Å². The first kappa shape index (κ1) is 46.2. The SMILES string of the molecule is Cc1c(C)c(-n2c3ccccc3c3ccccc32)c(C)c(C)c1-c1nc(-c2c(C)c(C)c(-n3c4ccccc4c4ccccc43)c(C)c2C)nc(-c2c(C)c(C)c(-n3c4ccccc4c4ccccc43)c(C)c2C)n1. The molecule has 9 aromatic carbocycles. The van der Waals surface area contributed by atoms with Gasteiger partial charge < -0.3 is 13.7 Å². The molecule has 6 nitrogen and oxygen atoms in total. The van der Waals surface area contributed by atoms with Crippen molar-refractivity contribution in [1.29, 1.82) is 0 Å². The number of benzene rings is 9. The molecule has 0 bridgehead atoms. The highest BCUT2D eigenvalue weighted by molar-refractivity contribution is 6.12. The summed E-state index contributed by atoms with van der Waals surface area (Å²) in [5.74, 6) is 2.06. The van der Waals surface area contributed by atoms with E-state index in [-0.39, 0.29) is 0 Å². The van der Waals surface area contributed by atoms with Crippen molar-refractivity contribution < 1.29 is 0 Å². The van der Waals surface area contributed by atoms with Crippen molar-refractivity contribution in [3.63, 3.8) is 0 Å². The zero-order valence-electron chi connectivity index (χ0n) is 45.0. The van der Waals surface area contributed by atoms with Gasteiger partial charge in [-0.05, 0) is 186 Å². The van der Waals surface area contributed by atoms with E-state index in [0.717, 1.165) is 50.1 Å². The van der Waals surface area contributed by atoms with Gasteiger partial charge in [-0.25, -0.2) is 15.0 Å². The van der Waals surface area contributed by atoms with Crippen LogP contribution in [0.4, 0.5) is 0 Å². The Morgan fingerprint density at radius 2 is 0.373 bits per heavy atom. The number of hydrogen-bond acceptors (Lipinski definition) is 3. The van der Waals surface area contributed by atoms with Crippen LogP contribution in [0.3, 0.4) is 0 Å². The van der Waals surface area contributed by atoms with E-state index >= 15 is 0 Å². The Balaban J connectivity index is 1.09. The fraction of sp³-hybridized carbons (Fsp3) is 0.174. The standard InChI is InChI=1S/C69H60N6/c1-37-43(7)64(73-55-31-19-13-25-49(55)50-26-14-20-32-56(50)73)44(8)38(2)61(37)67-70-68(62-39(3)45(9)65(46(10)40(62)4)74-57-33-21-15-27-51(57)52-28-16-22-34-58(52)74)72-69(71-67)63-41(5)47(11)66(48(12)42(63)6)75-59-35-23-17-29-53(59)54-30-18-24-36-60(54)75/h13-36H,1-12H3. The molecule has 0 aliphatic rings. The molecule has 366 valence electrons. The minimum Gasteiger partial charge on any atom is -0.309 e. The number of rotatable bonds is 6. The van der Waals surface area contributed by atoms with Crippen molar-refractivity contribution in [3.8, 4) is 51.2 Å². The van der Waals surface area contributed by atoms with E-state index in [1.807, 2.05) is 0 Å². The van der Waals surface area contributed by atoms with Crippen molar-refractivity contribution in [1.82, 2.24) is 28.7 Å². The fourth-order valence-electron chi connectivity index (χ4n) is 13.1. The zero-order valence-corrected chi connectivity index (χ0v) is 45.0. The third-order valence-electron chi connectivity index (χ3n) is 17.5. The van der Waals surface area contributed by atoms with Gasteiger partial charge in [0.15, 0.2) is 17.5 Å². The third kappa shape index (κ3) is 6.48. The lowest BCUT2D eigenvalue weighted by molar-refractivity contribution is 1.02. The maximum Gasteiger partial charge on any atom is 0.164 e. The van der Waals surface area contributed by atoms with Crippen molar-refractivity contribution in [2.75, 3.05) is 0 Å². The molecule has 0 aliphatic heterocycles. The Morgan fingerprint density at radius 3 is 0.547 bits per heavy atom. The van der Waals surface area contributed by atoms with Crippen LogP contribution in [-0.2, 0) is 0 Å². The second-order valence-electron chi connectivity index (χ2n) is 21.1. The van der Waals surface area contributed by atoms with Crippen LogP contribution in [-0.4, -0.2) is 28.7 Å². The van der Waals surface area contributed by atoms with Gasteiger partial charge in [0.1, 0.15) is 0 Å². The quantitative estimate of drug-likeness (QED) is 0.167. The van der Waals surface area contributed by atoms with Crippen LogP contribution in [0.1, 0.15) is 66.8 Å². The van der Waals surface area contributed by atoms with Gasteiger partial charge >= 0.3 is 0 Å². The average Bonchev–Trinajstić information content (AvgIpc) is 4.08. The van der Waals surface area contributed by atoms with E-state index in [1.54, 1.807) is 0 Å². The van der Waals surface area contributed by atoms with Crippen LogP contribution in [0.15, 0.2) is 146 Å². The summed E-state index contributed by atoms with van der Waals surface area (Å²) in [5, 5.41) is 7.49. The van der Waals surface area contributed by atoms with Gasteiger partial charge in [-0.3, -0.25) is 0 Å². The predicted octanol–water partition coefficient (Wildman–Crippen LogP) is 17.9. The molecule has 0 aliphatic carbocycles. The molecule has 0 N–H and O–H groups in total. The minimum absolute atomic E-state index is 0.686. The predicted molar refractivity (Wildman–Crippen MR) is 316 cm³/mol. The Hall–Kier alpha value is -8.61. The van der Waals surface area contributed by atoms with Crippen LogP contribution in [0.2, 0.25) is 0 Å². The molecule has 0 saturated carbocycles. The Bertz CT molecular complexity index is 3890. The smallest absolute Gasteiger partial charge is 0.164 e. The van der Waals surface area contributed by atoms with Gasteiger partial charge in [0.05, 0.1) is 50.2 Å². The van der Waals surface area contributed by atoms with Crippen LogP contribution in [0.5, 0.6) is 0 Å². The Labute approximate surface area is 438 Å². The number of fused-ring (bicyclic) bond motifs is 9. The lowest BCUT2D eigenvalue weighted by atomic mass is 9.89. The molecule has 0 saturated heterocycles. The highest BCUT2D eigenvalue weighted by Crippen LogP contribution is 2.45. The van der Waals surface area contributed by atoms with Gasteiger partial charge in [0, 0.05) is 49.0 Å². The van der Waals surface area contributed by atoms with Crippen LogP contribution in [0, 0.1) is 83.1 Å². The molecule has 4 heterocycles. The first-order valence-corrected chi connectivity index (χ1v) is 26.3. The highest BCUT2D eigenvalue weighted by Gasteiger charge is 2.29. The Morgan fingerprint density at radius 1 is 0.213 bits per heavy atom. The normalized spacial score (nSPS) is 12.0. The first-order chi connectivity index (χ1) is 36.3. The molecule has 13 rings (SSSR count). The van der Waals surface area contributed by atoms with E-state index in [0.29, 0.717) is 17.5 Å². The molecule has 4 aromatic heterocycles. The molecular weight excluding hydrogens is 913 g/mol. The van der Waals surface area contributed by atoms with E-state index in [9.17, 15) is 0 Å². The number of para-hydroxylation sites is 6. The summed E-state index contributed by atoms with van der Waals surface area (Å²) in [6, 6.07) is 52.7. The fourth-order valence-corrected chi connectivity index (χ4v) is 13.1. The summed E-state index contributed by atoms with van der Waals surface area (Å²) < 4.78 is 7.41. The summed E-state index contributed by atoms with van der Waals surface area (Å²) in [6.45, 7) is 27.2. The lowest BCUT2D eigenvalue weighted by Gasteiger charge is -2.25. The number of hydrogen-bond donors (Lipinski definition) is 0. The average molecular weight is 973 g/mol. The molecule has 6 heteroatoms. The third-order valence-corrected chi connectivity index (χ3v) is 17.5. The van der Waals surface area contributed by atoms with E-state index in [1.165, 1.54) is 116 Å². The summed E-state index contributed by atoms with van der Waals surface area (Å²) in [4.78, 5) is 17.0. The number of aromatic nitrogens is 6. The summed E-state index contributed by atoms with van der Waals surface area (Å²) in [5.41, 5.74) is 28.1. The summed E-state index contributed by atoms with van der Waals surface area (Å²) in [6.07, 6.45) is 0. The maximum absolute atomic E-state index is 5.68. The van der Waals surface area contributed by atoms with Crippen molar-refractivity contribution in [2.24, 2.45) is 0 Å². The molecule has 75 heavy (non-hydrogen) atoms. The van der Waals surface area contributed by atoms with E-state index < -0.39 is 0 Å². The van der Waals surface area contributed by atoms with Gasteiger partial charge in [-0.1, -0.05) is 109 Å². The van der Waals surface area contributed by atoms with Crippen molar-refractivity contribution in [3.05, 3.63) is 212 Å². The van der Waals surface area contributed by atoms with E-state index in [2.05, 4.69) is 242 Å². The molecule has 0 atom stereocenters. The van der Waals surface area contributed by atoms with E-state index in [4.69, 9.17) is 15.0 Å². The van der Waals surface area contributed by atoms with Crippen LogP contribution in [0.25, 0.3) is 117 Å². The van der Waals surface area contributed by atoms with Gasteiger partial charge in [0.2, 0.25) is 0 Å². The molecule has 0 spiro atoms. The monoisotopic (exact) mass is 972 g/mol. The number of nitrogens with zero attached hydrogens (tertiary/aromatic N) is 6. The molecule has 13 aromatic rings. The largest absolute Gasteiger partial charge is 0.309 e. The zero-order chi connectivity index (χ0) is 51.9. The van der Waals surface area contributed by atoms with Crippen molar-refractivity contribution in [2.45, 2.75) is 83.1 Å². The summed E-state index contributed by atoms with van der Waals surface area (Å²) >= 11 is 0. The second kappa shape index (κ2) is 17.0. The van der Waals surface area contributed by atoms with Crippen molar-refractivity contribution >= 4 is 65.4 Å². The topological polar surface area (TPSA) is 53.5 Å². The first-order valence-electron chi connectivity index (χ1n) is 26.3. The van der Waals surface area contributed by atoms with Gasteiger partial charge in [-0.2, -0.15) is 0 Å². The molecule has 0 amide bonds. The van der Waals surface area contributed by atoms with Gasteiger partial charge in [-0.15, -0.1) is 0 Å². The maximum atomic E-state index is 5.68. The molecule has 0 fully saturated rings. The Kier molecular flexibility index (Phi) is 10.5. The molecule has 0 unspecified atom stereocenters. The summed E-state index contributed by atoms with van der Waals surface area (Å²) in [7, 11) is 0. The molecular formula is C69H60N6. The minimum atomic E-state index is 0.686. The van der Waals surface area contributed by atoms with Crippen LogP contribution >= 0.6 is 0 Å².